The van der Waals surface area contributed by atoms with Gasteiger partial charge >= 0.3 is 6.18 Å². The SMILES string of the molecule is C[C@@]1(Oc2cc(NS(=O)(=O)c3cccc4c(Cl)cccc34)ccc2C(F)(F)F)CCNC1. The fourth-order valence-electron chi connectivity index (χ4n) is 3.74. The third-order valence-electron chi connectivity index (χ3n) is 5.34. The summed E-state index contributed by atoms with van der Waals surface area (Å²) in [6.45, 7) is 2.72. The molecule has 0 amide bonds. The predicted molar refractivity (Wildman–Crippen MR) is 118 cm³/mol. The number of benzene rings is 3. The summed E-state index contributed by atoms with van der Waals surface area (Å²) in [5.74, 6) is -0.426. The average Bonchev–Trinajstić information content (AvgIpc) is 3.12. The van der Waals surface area contributed by atoms with Gasteiger partial charge in [0.05, 0.1) is 16.1 Å². The van der Waals surface area contributed by atoms with Crippen LogP contribution >= 0.6 is 11.6 Å². The van der Waals surface area contributed by atoms with Crippen molar-refractivity contribution in [1.29, 1.82) is 0 Å². The Bertz CT molecular complexity index is 1270. The van der Waals surface area contributed by atoms with Crippen molar-refractivity contribution in [3.63, 3.8) is 0 Å². The van der Waals surface area contributed by atoms with E-state index < -0.39 is 33.1 Å². The third-order valence-corrected chi connectivity index (χ3v) is 7.11. The standard InChI is InChI=1S/C22H20ClF3N2O3S/c1-21(10-11-27-13-21)31-19-12-14(8-9-17(19)22(24,25)26)28-32(29,30)20-7-3-4-15-16(20)5-2-6-18(15)23/h2-9,12,27-28H,10-11,13H2,1H3/t21-/m1/s1. The minimum Gasteiger partial charge on any atom is -0.485 e. The monoisotopic (exact) mass is 484 g/mol. The first-order chi connectivity index (χ1) is 15.0. The number of hydrogen-bond acceptors (Lipinski definition) is 4. The molecule has 1 saturated heterocycles. The number of rotatable bonds is 5. The second kappa shape index (κ2) is 8.13. The highest BCUT2D eigenvalue weighted by Gasteiger charge is 2.38. The summed E-state index contributed by atoms with van der Waals surface area (Å²) >= 11 is 6.17. The summed E-state index contributed by atoms with van der Waals surface area (Å²) in [6, 6.07) is 12.5. The van der Waals surface area contributed by atoms with Crippen LogP contribution < -0.4 is 14.8 Å². The molecule has 170 valence electrons. The number of nitrogens with one attached hydrogen (secondary N) is 2. The lowest BCUT2D eigenvalue weighted by molar-refractivity contribution is -0.139. The van der Waals surface area contributed by atoms with Crippen LogP contribution in [-0.4, -0.2) is 27.1 Å². The van der Waals surface area contributed by atoms with Crippen LogP contribution in [0.4, 0.5) is 18.9 Å². The molecule has 0 bridgehead atoms. The van der Waals surface area contributed by atoms with Crippen molar-refractivity contribution < 1.29 is 26.3 Å². The highest BCUT2D eigenvalue weighted by molar-refractivity contribution is 7.93. The van der Waals surface area contributed by atoms with Crippen molar-refractivity contribution in [2.75, 3.05) is 17.8 Å². The van der Waals surface area contributed by atoms with E-state index in [9.17, 15) is 21.6 Å². The molecule has 3 aromatic carbocycles. The molecule has 1 fully saturated rings. The molecule has 0 spiro atoms. The molecule has 3 aromatic rings. The molecule has 5 nitrogen and oxygen atoms in total. The summed E-state index contributed by atoms with van der Waals surface area (Å²) in [5.41, 5.74) is -1.84. The van der Waals surface area contributed by atoms with E-state index in [2.05, 4.69) is 10.0 Å². The van der Waals surface area contributed by atoms with Gasteiger partial charge in [-0.25, -0.2) is 8.42 Å². The topological polar surface area (TPSA) is 67.4 Å². The highest BCUT2D eigenvalue weighted by atomic mass is 35.5. The van der Waals surface area contributed by atoms with Crippen LogP contribution in [0.3, 0.4) is 0 Å². The Labute approximate surface area is 188 Å². The summed E-state index contributed by atoms with van der Waals surface area (Å²) < 4.78 is 74.9. The van der Waals surface area contributed by atoms with E-state index in [4.69, 9.17) is 16.3 Å². The molecule has 2 N–H and O–H groups in total. The third kappa shape index (κ3) is 4.51. The molecule has 0 radical (unpaired) electrons. The van der Waals surface area contributed by atoms with Gasteiger partial charge in [0.15, 0.2) is 0 Å². The van der Waals surface area contributed by atoms with Crippen molar-refractivity contribution in [2.45, 2.75) is 30.0 Å². The maximum Gasteiger partial charge on any atom is 0.419 e. The number of halogens is 4. The van der Waals surface area contributed by atoms with E-state index >= 15 is 0 Å². The first-order valence-electron chi connectivity index (χ1n) is 9.80. The van der Waals surface area contributed by atoms with Crippen LogP contribution in [-0.2, 0) is 16.2 Å². The molecule has 4 rings (SSSR count). The zero-order valence-corrected chi connectivity index (χ0v) is 18.5. The minimum absolute atomic E-state index is 0.0354. The molecule has 0 aromatic heterocycles. The predicted octanol–water partition coefficient (Wildman–Crippen LogP) is 5.44. The van der Waals surface area contributed by atoms with Gasteiger partial charge < -0.3 is 10.1 Å². The average molecular weight is 485 g/mol. The fraction of sp³-hybridized carbons (Fsp3) is 0.273. The van der Waals surface area contributed by atoms with Gasteiger partial charge in [0.2, 0.25) is 0 Å². The second-order valence-corrected chi connectivity index (χ2v) is 9.94. The maximum atomic E-state index is 13.5. The molecule has 0 saturated carbocycles. The van der Waals surface area contributed by atoms with Gasteiger partial charge in [-0.05, 0) is 37.7 Å². The zero-order valence-electron chi connectivity index (χ0n) is 17.0. The van der Waals surface area contributed by atoms with Crippen molar-refractivity contribution in [3.05, 3.63) is 65.2 Å². The molecular weight excluding hydrogens is 465 g/mol. The number of anilines is 1. The Kier molecular flexibility index (Phi) is 5.77. The highest BCUT2D eigenvalue weighted by Crippen LogP contribution is 2.40. The molecule has 1 aliphatic heterocycles. The van der Waals surface area contributed by atoms with Crippen molar-refractivity contribution in [1.82, 2.24) is 5.32 Å². The molecule has 1 atom stereocenters. The van der Waals surface area contributed by atoms with Gasteiger partial charge in [0.1, 0.15) is 11.4 Å². The van der Waals surface area contributed by atoms with Gasteiger partial charge in [0, 0.05) is 34.8 Å². The molecule has 1 aliphatic rings. The number of fused-ring (bicyclic) bond motifs is 1. The van der Waals surface area contributed by atoms with Crippen LogP contribution in [0.5, 0.6) is 5.75 Å². The molecular formula is C22H20ClF3N2O3S. The summed E-state index contributed by atoms with van der Waals surface area (Å²) in [5, 5.41) is 4.40. The van der Waals surface area contributed by atoms with Gasteiger partial charge in [-0.2, -0.15) is 13.2 Å². The summed E-state index contributed by atoms with van der Waals surface area (Å²) in [7, 11) is -4.12. The van der Waals surface area contributed by atoms with Gasteiger partial charge in [0.25, 0.3) is 10.0 Å². The summed E-state index contributed by atoms with van der Waals surface area (Å²) in [4.78, 5) is -0.0354. The Morgan fingerprint density at radius 1 is 1.09 bits per heavy atom. The Balaban J connectivity index is 1.73. The van der Waals surface area contributed by atoms with E-state index in [1.165, 1.54) is 6.07 Å². The van der Waals surface area contributed by atoms with E-state index in [1.54, 1.807) is 37.3 Å². The number of ether oxygens (including phenoxy) is 1. The van der Waals surface area contributed by atoms with Crippen molar-refractivity contribution in [3.8, 4) is 5.75 Å². The smallest absolute Gasteiger partial charge is 0.419 e. The Morgan fingerprint density at radius 2 is 1.81 bits per heavy atom. The lowest BCUT2D eigenvalue weighted by atomic mass is 10.1. The van der Waals surface area contributed by atoms with Crippen LogP contribution in [0.25, 0.3) is 10.8 Å². The summed E-state index contributed by atoms with van der Waals surface area (Å²) in [6.07, 6.45) is -4.13. The zero-order chi connectivity index (χ0) is 23.1. The number of hydrogen-bond donors (Lipinski definition) is 2. The normalized spacial score (nSPS) is 19.3. The fourth-order valence-corrected chi connectivity index (χ4v) is 5.25. The Morgan fingerprint density at radius 3 is 2.50 bits per heavy atom. The van der Waals surface area contributed by atoms with E-state index in [0.29, 0.717) is 35.3 Å². The number of sulfonamides is 1. The minimum atomic E-state index is -4.65. The van der Waals surface area contributed by atoms with E-state index in [1.807, 2.05) is 0 Å². The molecule has 32 heavy (non-hydrogen) atoms. The molecule has 10 heteroatoms. The van der Waals surface area contributed by atoms with Crippen LogP contribution in [0, 0.1) is 0 Å². The quantitative estimate of drug-likeness (QED) is 0.506. The lowest BCUT2D eigenvalue weighted by Crippen LogP contribution is -2.35. The van der Waals surface area contributed by atoms with Gasteiger partial charge in [-0.3, -0.25) is 4.72 Å². The van der Waals surface area contributed by atoms with E-state index in [0.717, 1.165) is 18.2 Å². The Hall–Kier alpha value is -2.49. The van der Waals surface area contributed by atoms with Crippen LogP contribution in [0.15, 0.2) is 59.5 Å². The van der Waals surface area contributed by atoms with Crippen LogP contribution in [0.2, 0.25) is 5.02 Å². The first-order valence-corrected chi connectivity index (χ1v) is 11.7. The largest absolute Gasteiger partial charge is 0.485 e. The lowest BCUT2D eigenvalue weighted by Gasteiger charge is -2.27. The second-order valence-electron chi connectivity index (χ2n) is 7.88. The van der Waals surface area contributed by atoms with Crippen molar-refractivity contribution in [2.24, 2.45) is 0 Å². The van der Waals surface area contributed by atoms with Gasteiger partial charge in [-0.15, -0.1) is 0 Å². The van der Waals surface area contributed by atoms with Crippen LogP contribution in [0.1, 0.15) is 18.9 Å². The first kappa shape index (κ1) is 22.7. The van der Waals surface area contributed by atoms with Gasteiger partial charge in [-0.1, -0.05) is 35.9 Å². The van der Waals surface area contributed by atoms with E-state index in [-0.39, 0.29) is 10.6 Å². The maximum absolute atomic E-state index is 13.5. The van der Waals surface area contributed by atoms with Crippen molar-refractivity contribution >= 4 is 38.1 Å². The molecule has 1 heterocycles. The molecule has 0 unspecified atom stereocenters. The number of alkyl halides is 3. The molecule has 0 aliphatic carbocycles.